The molecule has 82 valence electrons. The summed E-state index contributed by atoms with van der Waals surface area (Å²) >= 11 is 0. The molecule has 1 rings (SSSR count). The van der Waals surface area contributed by atoms with Crippen molar-refractivity contribution in [2.45, 2.75) is 19.4 Å². The molecule has 0 radical (unpaired) electrons. The fraction of sp³-hybridized carbons (Fsp3) is 0.364. The normalized spacial score (nSPS) is 11.1. The van der Waals surface area contributed by atoms with Crippen molar-refractivity contribution in [3.63, 3.8) is 0 Å². The number of aromatic hydroxyl groups is 1. The second-order valence-corrected chi connectivity index (χ2v) is 3.85. The van der Waals surface area contributed by atoms with Crippen molar-refractivity contribution in [2.24, 2.45) is 0 Å². The van der Waals surface area contributed by atoms with E-state index < -0.39 is 5.54 Å². The zero-order chi connectivity index (χ0) is 11.5. The average Bonchev–Trinajstić information content (AvgIpc) is 2.21. The van der Waals surface area contributed by atoms with Crippen LogP contribution in [0.15, 0.2) is 24.3 Å². The van der Waals surface area contributed by atoms with E-state index in [1.807, 2.05) is 0 Å². The molecule has 15 heavy (non-hydrogen) atoms. The number of rotatable bonds is 3. The van der Waals surface area contributed by atoms with Gasteiger partial charge in [0.05, 0.1) is 11.2 Å². The summed E-state index contributed by atoms with van der Waals surface area (Å²) in [5, 5.41) is 15.0. The lowest BCUT2D eigenvalue weighted by Crippen LogP contribution is -2.47. The molecule has 0 fully saturated rings. The summed E-state index contributed by atoms with van der Waals surface area (Å²) < 4.78 is 0. The molecule has 1 aromatic rings. The Labute approximate surface area is 89.3 Å². The number of hydrogen-bond donors (Lipinski definition) is 3. The van der Waals surface area contributed by atoms with Crippen LogP contribution >= 0.6 is 0 Å². The van der Waals surface area contributed by atoms with Crippen molar-refractivity contribution in [1.82, 2.24) is 5.32 Å². The number of anilines is 1. The Balaban J connectivity index is 2.80. The van der Waals surface area contributed by atoms with Crippen molar-refractivity contribution < 1.29 is 9.90 Å². The summed E-state index contributed by atoms with van der Waals surface area (Å²) in [6, 6.07) is 6.64. The molecular weight excluding hydrogens is 192 g/mol. The Morgan fingerprint density at radius 2 is 1.93 bits per heavy atom. The Bertz CT molecular complexity index is 361. The second-order valence-electron chi connectivity index (χ2n) is 3.85. The molecule has 4 nitrogen and oxygen atoms in total. The Morgan fingerprint density at radius 3 is 2.47 bits per heavy atom. The summed E-state index contributed by atoms with van der Waals surface area (Å²) in [7, 11) is 1.71. The van der Waals surface area contributed by atoms with Crippen LogP contribution in [-0.2, 0) is 4.79 Å². The van der Waals surface area contributed by atoms with E-state index in [1.165, 1.54) is 6.07 Å². The first-order valence-electron chi connectivity index (χ1n) is 4.76. The van der Waals surface area contributed by atoms with Gasteiger partial charge in [0, 0.05) is 0 Å². The van der Waals surface area contributed by atoms with E-state index in [9.17, 15) is 9.90 Å². The molecule has 0 saturated heterocycles. The summed E-state index contributed by atoms with van der Waals surface area (Å²) in [5.74, 6) is -0.121. The van der Waals surface area contributed by atoms with Crippen LogP contribution in [0.1, 0.15) is 13.8 Å². The van der Waals surface area contributed by atoms with Gasteiger partial charge in [-0.25, -0.2) is 0 Å². The standard InChI is InChI=1S/C11H16N2O2/c1-11(2,12-3)10(15)13-8-6-4-5-7-9(8)14/h4-7,12,14H,1-3H3,(H,13,15). The fourth-order valence-corrected chi connectivity index (χ4v) is 0.971. The first-order chi connectivity index (χ1) is 6.97. The number of likely N-dealkylation sites (N-methyl/N-ethyl adjacent to an activating group) is 1. The second kappa shape index (κ2) is 4.31. The number of amides is 1. The highest BCUT2D eigenvalue weighted by molar-refractivity contribution is 5.98. The molecule has 0 unspecified atom stereocenters. The Morgan fingerprint density at radius 1 is 1.33 bits per heavy atom. The van der Waals surface area contributed by atoms with Crippen LogP contribution in [0, 0.1) is 0 Å². The summed E-state index contributed by atoms with van der Waals surface area (Å²) in [4.78, 5) is 11.7. The molecule has 3 N–H and O–H groups in total. The molecular formula is C11H16N2O2. The van der Waals surface area contributed by atoms with Gasteiger partial charge in [-0.1, -0.05) is 12.1 Å². The number of nitrogens with one attached hydrogen (secondary N) is 2. The molecule has 0 bridgehead atoms. The van der Waals surface area contributed by atoms with Crippen molar-refractivity contribution in [3.8, 4) is 5.75 Å². The molecule has 4 heteroatoms. The van der Waals surface area contributed by atoms with Crippen molar-refractivity contribution in [1.29, 1.82) is 0 Å². The van der Waals surface area contributed by atoms with Gasteiger partial charge in [0.15, 0.2) is 0 Å². The smallest absolute Gasteiger partial charge is 0.244 e. The van der Waals surface area contributed by atoms with Crippen LogP contribution in [0.5, 0.6) is 5.75 Å². The van der Waals surface area contributed by atoms with E-state index in [0.29, 0.717) is 5.69 Å². The maximum Gasteiger partial charge on any atom is 0.244 e. The van der Waals surface area contributed by atoms with Gasteiger partial charge in [-0.3, -0.25) is 4.79 Å². The fourth-order valence-electron chi connectivity index (χ4n) is 0.971. The first-order valence-corrected chi connectivity index (χ1v) is 4.76. The molecule has 0 aromatic heterocycles. The van der Waals surface area contributed by atoms with E-state index in [0.717, 1.165) is 0 Å². The summed E-state index contributed by atoms with van der Waals surface area (Å²) in [6.45, 7) is 3.53. The number of phenols is 1. The van der Waals surface area contributed by atoms with E-state index in [-0.39, 0.29) is 11.7 Å². The lowest BCUT2D eigenvalue weighted by molar-refractivity contribution is -0.121. The van der Waals surface area contributed by atoms with E-state index in [2.05, 4.69) is 10.6 Å². The number of para-hydroxylation sites is 2. The summed E-state index contributed by atoms with van der Waals surface area (Å²) in [6.07, 6.45) is 0. The molecule has 1 aromatic carbocycles. The maximum atomic E-state index is 11.7. The first kappa shape index (κ1) is 11.5. The van der Waals surface area contributed by atoms with Gasteiger partial charge in [0.2, 0.25) is 5.91 Å². The van der Waals surface area contributed by atoms with Gasteiger partial charge >= 0.3 is 0 Å². The van der Waals surface area contributed by atoms with Crippen LogP contribution in [0.4, 0.5) is 5.69 Å². The molecule has 0 spiro atoms. The molecule has 0 saturated carbocycles. The molecule has 1 amide bonds. The zero-order valence-electron chi connectivity index (χ0n) is 9.16. The van der Waals surface area contributed by atoms with Crippen molar-refractivity contribution in [2.75, 3.05) is 12.4 Å². The number of carbonyl (C=O) groups excluding carboxylic acids is 1. The lowest BCUT2D eigenvalue weighted by Gasteiger charge is -2.22. The molecule has 0 heterocycles. The SMILES string of the molecule is CNC(C)(C)C(=O)Nc1ccccc1O. The number of benzene rings is 1. The maximum absolute atomic E-state index is 11.7. The Hall–Kier alpha value is -1.55. The van der Waals surface area contributed by atoms with E-state index in [4.69, 9.17) is 0 Å². The molecule has 0 atom stereocenters. The van der Waals surface area contributed by atoms with E-state index in [1.54, 1.807) is 39.1 Å². The molecule has 0 aliphatic rings. The lowest BCUT2D eigenvalue weighted by atomic mass is 10.1. The van der Waals surface area contributed by atoms with Gasteiger partial charge in [-0.15, -0.1) is 0 Å². The average molecular weight is 208 g/mol. The van der Waals surface area contributed by atoms with Crippen LogP contribution < -0.4 is 10.6 Å². The topological polar surface area (TPSA) is 61.4 Å². The predicted octanol–water partition coefficient (Wildman–Crippen LogP) is 1.33. The number of phenolic OH excluding ortho intramolecular Hbond substituents is 1. The monoisotopic (exact) mass is 208 g/mol. The quantitative estimate of drug-likeness (QED) is 0.657. The highest BCUT2D eigenvalue weighted by Crippen LogP contribution is 2.22. The third-order valence-electron chi connectivity index (χ3n) is 2.34. The van der Waals surface area contributed by atoms with Gasteiger partial charge < -0.3 is 15.7 Å². The van der Waals surface area contributed by atoms with E-state index >= 15 is 0 Å². The minimum absolute atomic E-state index is 0.0674. The molecule has 0 aliphatic heterocycles. The minimum atomic E-state index is -0.664. The molecule has 0 aliphatic carbocycles. The highest BCUT2D eigenvalue weighted by atomic mass is 16.3. The number of hydrogen-bond acceptors (Lipinski definition) is 3. The van der Waals surface area contributed by atoms with Gasteiger partial charge in [0.25, 0.3) is 0 Å². The number of carbonyl (C=O) groups is 1. The van der Waals surface area contributed by atoms with Crippen LogP contribution in [0.3, 0.4) is 0 Å². The third kappa shape index (κ3) is 2.70. The van der Waals surface area contributed by atoms with Crippen LogP contribution in [-0.4, -0.2) is 23.6 Å². The minimum Gasteiger partial charge on any atom is -0.506 e. The van der Waals surface area contributed by atoms with Crippen molar-refractivity contribution in [3.05, 3.63) is 24.3 Å². The predicted molar refractivity (Wildman–Crippen MR) is 59.9 cm³/mol. The van der Waals surface area contributed by atoms with Gasteiger partial charge in [0.1, 0.15) is 5.75 Å². The van der Waals surface area contributed by atoms with Gasteiger partial charge in [-0.05, 0) is 33.0 Å². The summed E-state index contributed by atoms with van der Waals surface area (Å²) in [5.41, 5.74) is -0.242. The largest absolute Gasteiger partial charge is 0.506 e. The van der Waals surface area contributed by atoms with Crippen LogP contribution in [0.2, 0.25) is 0 Å². The van der Waals surface area contributed by atoms with Gasteiger partial charge in [-0.2, -0.15) is 0 Å². The van der Waals surface area contributed by atoms with Crippen molar-refractivity contribution >= 4 is 11.6 Å². The van der Waals surface area contributed by atoms with Crippen LogP contribution in [0.25, 0.3) is 0 Å². The zero-order valence-corrected chi connectivity index (χ0v) is 9.16. The third-order valence-corrected chi connectivity index (χ3v) is 2.34. The Kier molecular flexibility index (Phi) is 3.31. The highest BCUT2D eigenvalue weighted by Gasteiger charge is 2.25.